The Balaban J connectivity index is 1.70. The zero-order valence-electron chi connectivity index (χ0n) is 13.2. The number of rotatable bonds is 4. The molecule has 0 aliphatic carbocycles. The second-order valence-corrected chi connectivity index (χ2v) is 6.18. The van der Waals surface area contributed by atoms with Crippen LogP contribution in [-0.4, -0.2) is 36.2 Å². The predicted molar refractivity (Wildman–Crippen MR) is 94.0 cm³/mol. The fraction of sp³-hybridized carbons (Fsp3) is 0.222. The van der Waals surface area contributed by atoms with E-state index in [1.807, 2.05) is 0 Å². The van der Waals surface area contributed by atoms with Crippen molar-refractivity contribution >= 4 is 22.8 Å². The quantitative estimate of drug-likeness (QED) is 0.851. The van der Waals surface area contributed by atoms with Crippen molar-refractivity contribution in [2.45, 2.75) is 5.75 Å². The molecule has 0 saturated carbocycles. The van der Waals surface area contributed by atoms with Crippen molar-refractivity contribution in [2.75, 3.05) is 20.2 Å². The van der Waals surface area contributed by atoms with Crippen LogP contribution in [0.5, 0.6) is 5.75 Å². The normalized spacial score (nSPS) is 13.8. The molecule has 1 aliphatic heterocycles. The van der Waals surface area contributed by atoms with E-state index in [0.29, 0.717) is 40.9 Å². The molecule has 0 N–H and O–H groups in total. The third kappa shape index (κ3) is 3.59. The van der Waals surface area contributed by atoms with Crippen LogP contribution in [-0.2, 0) is 5.75 Å². The average Bonchev–Trinajstić information content (AvgIpc) is 3.09. The lowest BCUT2D eigenvalue weighted by Gasteiger charge is -2.18. The molecule has 1 heterocycles. The van der Waals surface area contributed by atoms with Gasteiger partial charge in [-0.1, -0.05) is 36.0 Å². The summed E-state index contributed by atoms with van der Waals surface area (Å²) in [6.07, 6.45) is 0. The summed E-state index contributed by atoms with van der Waals surface area (Å²) in [5, 5.41) is 0.631. The van der Waals surface area contributed by atoms with Crippen molar-refractivity contribution in [2.24, 2.45) is 4.99 Å². The number of methoxy groups -OCH3 is 1. The topological polar surface area (TPSA) is 41.9 Å². The number of amides is 1. The summed E-state index contributed by atoms with van der Waals surface area (Å²) in [5.41, 5.74) is 1.15. The standard InChI is InChI=1S/C18H17FN2O2S/c1-23-15-7-4-6-13(11-15)17(22)21-10-9-20-18(21)24-12-14-5-2-3-8-16(14)19/h2-8,11H,9-10,12H2,1H3. The molecule has 0 spiro atoms. The largest absolute Gasteiger partial charge is 0.497 e. The van der Waals surface area contributed by atoms with Gasteiger partial charge in [-0.05, 0) is 29.8 Å². The molecule has 0 radical (unpaired) electrons. The second kappa shape index (κ2) is 7.49. The molecule has 1 aliphatic rings. The minimum absolute atomic E-state index is 0.119. The van der Waals surface area contributed by atoms with Gasteiger partial charge in [-0.3, -0.25) is 14.7 Å². The molecular formula is C18H17FN2O2S. The van der Waals surface area contributed by atoms with Gasteiger partial charge >= 0.3 is 0 Å². The van der Waals surface area contributed by atoms with E-state index >= 15 is 0 Å². The molecule has 2 aromatic rings. The van der Waals surface area contributed by atoms with Gasteiger partial charge in [-0.2, -0.15) is 0 Å². The smallest absolute Gasteiger partial charge is 0.260 e. The Morgan fingerprint density at radius 1 is 1.29 bits per heavy atom. The van der Waals surface area contributed by atoms with Crippen LogP contribution in [0.3, 0.4) is 0 Å². The Hall–Kier alpha value is -2.34. The van der Waals surface area contributed by atoms with E-state index in [4.69, 9.17) is 4.74 Å². The van der Waals surface area contributed by atoms with Gasteiger partial charge in [0.15, 0.2) is 5.17 Å². The number of nitrogens with zero attached hydrogens (tertiary/aromatic N) is 2. The van der Waals surface area contributed by atoms with Crippen LogP contribution in [0.4, 0.5) is 4.39 Å². The van der Waals surface area contributed by atoms with Crippen molar-refractivity contribution in [1.29, 1.82) is 0 Å². The van der Waals surface area contributed by atoms with Gasteiger partial charge in [0.2, 0.25) is 0 Å². The molecule has 2 aromatic carbocycles. The Morgan fingerprint density at radius 2 is 2.12 bits per heavy atom. The molecule has 0 aromatic heterocycles. The SMILES string of the molecule is COc1cccc(C(=O)N2CCN=C2SCc2ccccc2F)c1. The zero-order valence-corrected chi connectivity index (χ0v) is 14.1. The first kappa shape index (κ1) is 16.5. The summed E-state index contributed by atoms with van der Waals surface area (Å²) in [7, 11) is 1.57. The molecule has 0 atom stereocenters. The highest BCUT2D eigenvalue weighted by molar-refractivity contribution is 8.13. The lowest BCUT2D eigenvalue weighted by atomic mass is 10.2. The molecule has 4 nitrogen and oxygen atoms in total. The highest BCUT2D eigenvalue weighted by Gasteiger charge is 2.25. The molecule has 6 heteroatoms. The lowest BCUT2D eigenvalue weighted by molar-refractivity contribution is 0.0860. The van der Waals surface area contributed by atoms with Crippen LogP contribution in [0.2, 0.25) is 0 Å². The van der Waals surface area contributed by atoms with Crippen LogP contribution in [0.25, 0.3) is 0 Å². The van der Waals surface area contributed by atoms with Crippen LogP contribution < -0.4 is 4.74 Å². The predicted octanol–water partition coefficient (Wildman–Crippen LogP) is 3.58. The maximum Gasteiger partial charge on any atom is 0.260 e. The van der Waals surface area contributed by atoms with Crippen molar-refractivity contribution < 1.29 is 13.9 Å². The first-order valence-electron chi connectivity index (χ1n) is 7.55. The molecule has 0 bridgehead atoms. The molecule has 1 amide bonds. The van der Waals surface area contributed by atoms with E-state index in [2.05, 4.69) is 4.99 Å². The first-order valence-corrected chi connectivity index (χ1v) is 8.54. The van der Waals surface area contributed by atoms with Crippen LogP contribution >= 0.6 is 11.8 Å². The van der Waals surface area contributed by atoms with Gasteiger partial charge in [0.25, 0.3) is 5.91 Å². The van der Waals surface area contributed by atoms with Crippen molar-refractivity contribution in [3.63, 3.8) is 0 Å². The molecule has 0 fully saturated rings. The molecule has 0 unspecified atom stereocenters. The summed E-state index contributed by atoms with van der Waals surface area (Å²) in [6, 6.07) is 13.7. The number of hydrogen-bond donors (Lipinski definition) is 0. The lowest BCUT2D eigenvalue weighted by Crippen LogP contribution is -2.32. The van der Waals surface area contributed by atoms with E-state index < -0.39 is 0 Å². The minimum Gasteiger partial charge on any atom is -0.497 e. The molecule has 3 rings (SSSR count). The number of carbonyl (C=O) groups is 1. The summed E-state index contributed by atoms with van der Waals surface area (Å²) in [5.74, 6) is 0.714. The molecule has 0 saturated heterocycles. The third-order valence-corrected chi connectivity index (χ3v) is 4.74. The van der Waals surface area contributed by atoms with E-state index in [0.717, 1.165) is 0 Å². The number of halogens is 1. The van der Waals surface area contributed by atoms with Crippen LogP contribution in [0, 0.1) is 5.82 Å². The van der Waals surface area contributed by atoms with Gasteiger partial charge in [-0.15, -0.1) is 0 Å². The summed E-state index contributed by atoms with van der Waals surface area (Å²) in [4.78, 5) is 18.7. The van der Waals surface area contributed by atoms with Crippen molar-refractivity contribution in [3.8, 4) is 5.75 Å². The summed E-state index contributed by atoms with van der Waals surface area (Å²) < 4.78 is 18.9. The van der Waals surface area contributed by atoms with E-state index in [1.54, 1.807) is 54.5 Å². The fourth-order valence-corrected chi connectivity index (χ4v) is 3.44. The minimum atomic E-state index is -0.241. The van der Waals surface area contributed by atoms with E-state index in [1.165, 1.54) is 17.8 Å². The van der Waals surface area contributed by atoms with Crippen LogP contribution in [0.15, 0.2) is 53.5 Å². The molecular weight excluding hydrogens is 327 g/mol. The van der Waals surface area contributed by atoms with Gasteiger partial charge in [0, 0.05) is 17.9 Å². The van der Waals surface area contributed by atoms with Crippen molar-refractivity contribution in [1.82, 2.24) is 4.90 Å². The number of benzene rings is 2. The Bertz CT molecular complexity index is 779. The van der Waals surface area contributed by atoms with Crippen LogP contribution in [0.1, 0.15) is 15.9 Å². The van der Waals surface area contributed by atoms with E-state index in [-0.39, 0.29) is 11.7 Å². The number of ether oxygens (including phenoxy) is 1. The number of aliphatic imine (C=N–C) groups is 1. The number of carbonyl (C=O) groups excluding carboxylic acids is 1. The highest BCUT2D eigenvalue weighted by Crippen LogP contribution is 2.23. The number of thioether (sulfide) groups is 1. The maximum atomic E-state index is 13.7. The Kier molecular flexibility index (Phi) is 5.15. The average molecular weight is 344 g/mol. The first-order chi connectivity index (χ1) is 11.7. The third-order valence-electron chi connectivity index (χ3n) is 3.68. The molecule has 124 valence electrons. The maximum absolute atomic E-state index is 13.7. The highest BCUT2D eigenvalue weighted by atomic mass is 32.2. The Labute approximate surface area is 144 Å². The van der Waals surface area contributed by atoms with E-state index in [9.17, 15) is 9.18 Å². The number of amidine groups is 1. The van der Waals surface area contributed by atoms with Gasteiger partial charge in [0.1, 0.15) is 11.6 Å². The molecule has 24 heavy (non-hydrogen) atoms. The van der Waals surface area contributed by atoms with Crippen molar-refractivity contribution in [3.05, 3.63) is 65.5 Å². The van der Waals surface area contributed by atoms with Gasteiger partial charge in [0.05, 0.1) is 13.7 Å². The van der Waals surface area contributed by atoms with Gasteiger partial charge in [-0.25, -0.2) is 4.39 Å². The zero-order chi connectivity index (χ0) is 16.9. The monoisotopic (exact) mass is 344 g/mol. The number of hydrogen-bond acceptors (Lipinski definition) is 4. The second-order valence-electron chi connectivity index (χ2n) is 5.23. The van der Waals surface area contributed by atoms with Gasteiger partial charge < -0.3 is 4.74 Å². The Morgan fingerprint density at radius 3 is 2.92 bits per heavy atom. The fourth-order valence-electron chi connectivity index (χ4n) is 2.41. The summed E-state index contributed by atoms with van der Waals surface area (Å²) >= 11 is 1.38. The summed E-state index contributed by atoms with van der Waals surface area (Å²) in [6.45, 7) is 1.10.